The molecule has 1 nitrogen and oxygen atoms in total. The lowest BCUT2D eigenvalue weighted by Crippen LogP contribution is -1.68. The highest BCUT2D eigenvalue weighted by atomic mass is 33.1. The fraction of sp³-hybridized carbons (Fsp3) is 0. The first-order chi connectivity index (χ1) is 3.93. The standard InChI is InChI=1S/C5H4NS2/c7-8-5-2-1-3-6-4-5/h1-3,7H. The lowest BCUT2D eigenvalue weighted by Gasteiger charge is -1.86. The van der Waals surface area contributed by atoms with E-state index in [1.807, 2.05) is 12.1 Å². The quantitative estimate of drug-likeness (QED) is 0.474. The van der Waals surface area contributed by atoms with Gasteiger partial charge in [-0.15, -0.1) is 11.7 Å². The van der Waals surface area contributed by atoms with E-state index in [0.29, 0.717) is 0 Å². The number of hydrogen-bond donors (Lipinski definition) is 1. The summed E-state index contributed by atoms with van der Waals surface area (Å²) >= 11 is 3.96. The molecular formula is C5H4NS2. The molecule has 0 aliphatic rings. The molecule has 0 atom stereocenters. The molecule has 0 unspecified atom stereocenters. The highest BCUT2D eigenvalue weighted by molar-refractivity contribution is 8.68. The van der Waals surface area contributed by atoms with E-state index < -0.39 is 0 Å². The smallest absolute Gasteiger partial charge is 0.104 e. The van der Waals surface area contributed by atoms with E-state index in [2.05, 4.69) is 22.8 Å². The second kappa shape index (κ2) is 2.99. The van der Waals surface area contributed by atoms with Gasteiger partial charge in [-0.2, -0.15) is 0 Å². The van der Waals surface area contributed by atoms with Crippen LogP contribution in [0.4, 0.5) is 0 Å². The number of nitrogens with zero attached hydrogens (tertiary/aromatic N) is 1. The number of aromatic nitrogens is 1. The summed E-state index contributed by atoms with van der Waals surface area (Å²) < 4.78 is 0. The topological polar surface area (TPSA) is 12.9 Å². The maximum atomic E-state index is 3.96. The van der Waals surface area contributed by atoms with Crippen molar-refractivity contribution in [3.05, 3.63) is 24.5 Å². The SMILES string of the molecule is SSc1[c]nccc1. The minimum Gasteiger partial charge on any atom is -0.253 e. The number of pyridine rings is 1. The molecule has 1 radical (unpaired) electrons. The van der Waals surface area contributed by atoms with Crippen molar-refractivity contribution in [3.63, 3.8) is 0 Å². The van der Waals surface area contributed by atoms with Crippen LogP contribution < -0.4 is 0 Å². The molecule has 0 aromatic carbocycles. The second-order valence-corrected chi connectivity index (χ2v) is 2.37. The third-order valence-corrected chi connectivity index (χ3v) is 1.70. The Kier molecular flexibility index (Phi) is 2.24. The molecule has 1 rings (SSSR count). The van der Waals surface area contributed by atoms with Gasteiger partial charge in [0.2, 0.25) is 0 Å². The van der Waals surface area contributed by atoms with E-state index in [9.17, 15) is 0 Å². The van der Waals surface area contributed by atoms with Crippen LogP contribution in [-0.4, -0.2) is 4.98 Å². The van der Waals surface area contributed by atoms with Crippen molar-refractivity contribution in [2.45, 2.75) is 4.90 Å². The molecule has 0 amide bonds. The van der Waals surface area contributed by atoms with Gasteiger partial charge < -0.3 is 0 Å². The lowest BCUT2D eigenvalue weighted by atomic mass is 10.5. The van der Waals surface area contributed by atoms with Gasteiger partial charge in [0.05, 0.1) is 0 Å². The molecule has 8 heavy (non-hydrogen) atoms. The highest BCUT2D eigenvalue weighted by Crippen LogP contribution is 2.17. The van der Waals surface area contributed by atoms with Crippen molar-refractivity contribution in [1.29, 1.82) is 0 Å². The normalized spacial score (nSPS) is 9.12. The zero-order valence-electron chi connectivity index (χ0n) is 4.03. The van der Waals surface area contributed by atoms with Gasteiger partial charge in [0.15, 0.2) is 0 Å². The van der Waals surface area contributed by atoms with Gasteiger partial charge in [0, 0.05) is 11.1 Å². The molecule has 1 aromatic heterocycles. The Morgan fingerprint density at radius 2 is 2.62 bits per heavy atom. The lowest BCUT2D eigenvalue weighted by molar-refractivity contribution is 1.22. The molecule has 0 aliphatic carbocycles. The van der Waals surface area contributed by atoms with Crippen molar-refractivity contribution in [1.82, 2.24) is 4.98 Å². The van der Waals surface area contributed by atoms with Crippen molar-refractivity contribution in [2.75, 3.05) is 0 Å². The van der Waals surface area contributed by atoms with E-state index in [-0.39, 0.29) is 0 Å². The van der Waals surface area contributed by atoms with Crippen molar-refractivity contribution >= 4 is 22.5 Å². The Morgan fingerprint density at radius 1 is 1.75 bits per heavy atom. The average molecular weight is 142 g/mol. The molecule has 1 heterocycles. The Labute approximate surface area is 57.3 Å². The Bertz CT molecular complexity index is 152. The molecule has 0 N–H and O–H groups in total. The van der Waals surface area contributed by atoms with Crippen LogP contribution >= 0.6 is 22.5 Å². The predicted molar refractivity (Wildman–Crippen MR) is 37.9 cm³/mol. The van der Waals surface area contributed by atoms with Crippen LogP contribution in [0, 0.1) is 6.20 Å². The summed E-state index contributed by atoms with van der Waals surface area (Å²) in [4.78, 5) is 4.72. The van der Waals surface area contributed by atoms with Crippen LogP contribution in [-0.2, 0) is 0 Å². The van der Waals surface area contributed by atoms with Crippen LogP contribution in [0.15, 0.2) is 23.2 Å². The number of thiol groups is 1. The van der Waals surface area contributed by atoms with Crippen LogP contribution in [0.1, 0.15) is 0 Å². The molecular weight excluding hydrogens is 138 g/mol. The van der Waals surface area contributed by atoms with Crippen LogP contribution in [0.5, 0.6) is 0 Å². The van der Waals surface area contributed by atoms with Gasteiger partial charge in [0.1, 0.15) is 6.20 Å². The largest absolute Gasteiger partial charge is 0.253 e. The van der Waals surface area contributed by atoms with E-state index in [1.54, 1.807) is 6.20 Å². The van der Waals surface area contributed by atoms with Crippen LogP contribution in [0.25, 0.3) is 0 Å². The van der Waals surface area contributed by atoms with Gasteiger partial charge in [0.25, 0.3) is 0 Å². The number of rotatable bonds is 1. The third kappa shape index (κ3) is 1.42. The summed E-state index contributed by atoms with van der Waals surface area (Å²) in [5.41, 5.74) is 0. The van der Waals surface area contributed by atoms with Crippen molar-refractivity contribution in [2.24, 2.45) is 0 Å². The molecule has 3 heteroatoms. The Balaban J connectivity index is 2.83. The zero-order valence-corrected chi connectivity index (χ0v) is 5.75. The second-order valence-electron chi connectivity index (χ2n) is 1.20. The molecule has 0 fully saturated rings. The first-order valence-corrected chi connectivity index (χ1v) is 3.94. The maximum absolute atomic E-state index is 3.96. The molecule has 1 aromatic rings. The van der Waals surface area contributed by atoms with E-state index >= 15 is 0 Å². The van der Waals surface area contributed by atoms with Gasteiger partial charge in [-0.1, -0.05) is 10.8 Å². The van der Waals surface area contributed by atoms with Gasteiger partial charge in [-0.25, -0.2) is 0 Å². The summed E-state index contributed by atoms with van der Waals surface area (Å²) in [6.07, 6.45) is 4.44. The zero-order chi connectivity index (χ0) is 5.82. The average Bonchev–Trinajstić information content (AvgIpc) is 1.90. The molecule has 0 aliphatic heterocycles. The fourth-order valence-corrected chi connectivity index (χ4v) is 0.900. The summed E-state index contributed by atoms with van der Waals surface area (Å²) in [6, 6.07) is 3.76. The van der Waals surface area contributed by atoms with Crippen molar-refractivity contribution in [3.8, 4) is 0 Å². The molecule has 41 valence electrons. The molecule has 0 bridgehead atoms. The Morgan fingerprint density at radius 3 is 3.00 bits per heavy atom. The predicted octanol–water partition coefficient (Wildman–Crippen LogP) is 1.82. The maximum Gasteiger partial charge on any atom is 0.104 e. The van der Waals surface area contributed by atoms with E-state index in [0.717, 1.165) is 4.90 Å². The van der Waals surface area contributed by atoms with Crippen molar-refractivity contribution < 1.29 is 0 Å². The molecule has 0 spiro atoms. The van der Waals surface area contributed by atoms with E-state index in [4.69, 9.17) is 0 Å². The third-order valence-electron chi connectivity index (χ3n) is 0.681. The summed E-state index contributed by atoms with van der Waals surface area (Å²) in [7, 11) is 1.35. The first-order valence-electron chi connectivity index (χ1n) is 2.07. The minimum atomic E-state index is 0.954. The van der Waals surface area contributed by atoms with Gasteiger partial charge in [-0.3, -0.25) is 4.98 Å². The highest BCUT2D eigenvalue weighted by Gasteiger charge is 1.84. The van der Waals surface area contributed by atoms with Crippen LogP contribution in [0.3, 0.4) is 0 Å². The van der Waals surface area contributed by atoms with Crippen LogP contribution in [0.2, 0.25) is 0 Å². The number of hydrogen-bond acceptors (Lipinski definition) is 3. The Hall–Kier alpha value is -0.150. The van der Waals surface area contributed by atoms with E-state index in [1.165, 1.54) is 10.8 Å². The minimum absolute atomic E-state index is 0.954. The van der Waals surface area contributed by atoms with Gasteiger partial charge in [-0.05, 0) is 12.1 Å². The monoisotopic (exact) mass is 142 g/mol. The molecule has 0 saturated carbocycles. The van der Waals surface area contributed by atoms with Gasteiger partial charge >= 0.3 is 0 Å². The summed E-state index contributed by atoms with van der Waals surface area (Å²) in [5, 5.41) is 0. The molecule has 0 saturated heterocycles. The summed E-state index contributed by atoms with van der Waals surface area (Å²) in [6.45, 7) is 0. The first kappa shape index (κ1) is 5.98. The fourth-order valence-electron chi connectivity index (χ4n) is 0.362. The summed E-state index contributed by atoms with van der Waals surface area (Å²) in [5.74, 6) is 0.